The molecule has 1 aromatic carbocycles. The minimum Gasteiger partial charge on any atom is -0.710 e. The van der Waals surface area contributed by atoms with E-state index in [2.05, 4.69) is 17.2 Å². The molecule has 4 nitrogen and oxygen atoms in total. The summed E-state index contributed by atoms with van der Waals surface area (Å²) in [5, 5.41) is 3.15. The SMILES string of the molecule is CC(C)C(=O)N(CN=[N-])C1Cc2ccccc2C1. The molecular formula is C14H18N3O-. The first kappa shape index (κ1) is 12.7. The molecule has 2 rings (SSSR count). The van der Waals surface area contributed by atoms with Crippen molar-refractivity contribution < 1.29 is 4.79 Å². The van der Waals surface area contributed by atoms with Gasteiger partial charge >= 0.3 is 0 Å². The summed E-state index contributed by atoms with van der Waals surface area (Å²) in [7, 11) is 0. The van der Waals surface area contributed by atoms with Crippen molar-refractivity contribution in [2.45, 2.75) is 32.7 Å². The predicted octanol–water partition coefficient (Wildman–Crippen LogP) is 2.62. The standard InChI is InChI=1S/C14H18N3O/c1-10(2)14(18)17(9-16-15)13-7-11-5-3-4-6-12(11)8-13/h3-6,10,13H,7-9H2,1-2H3/q-1. The maximum absolute atomic E-state index is 12.1. The number of carbonyl (C=O) groups excluding carboxylic acids is 1. The fourth-order valence-electron chi connectivity index (χ4n) is 2.52. The molecule has 18 heavy (non-hydrogen) atoms. The average Bonchev–Trinajstić information content (AvgIpc) is 2.78. The highest BCUT2D eigenvalue weighted by atomic mass is 16.2. The molecule has 0 atom stereocenters. The van der Waals surface area contributed by atoms with Crippen molar-refractivity contribution in [3.05, 3.63) is 40.9 Å². The van der Waals surface area contributed by atoms with E-state index in [0.717, 1.165) is 12.8 Å². The molecule has 0 saturated carbocycles. The van der Waals surface area contributed by atoms with E-state index in [1.54, 1.807) is 4.90 Å². The Morgan fingerprint density at radius 2 is 1.94 bits per heavy atom. The van der Waals surface area contributed by atoms with E-state index in [1.807, 2.05) is 26.0 Å². The van der Waals surface area contributed by atoms with Crippen LogP contribution >= 0.6 is 0 Å². The average molecular weight is 244 g/mol. The number of carbonyl (C=O) groups is 1. The highest BCUT2D eigenvalue weighted by molar-refractivity contribution is 5.78. The molecule has 1 amide bonds. The second-order valence-corrected chi connectivity index (χ2v) is 5.08. The Morgan fingerprint density at radius 1 is 1.39 bits per heavy atom. The number of rotatable bonds is 4. The van der Waals surface area contributed by atoms with E-state index in [0.29, 0.717) is 0 Å². The summed E-state index contributed by atoms with van der Waals surface area (Å²) >= 11 is 0. The lowest BCUT2D eigenvalue weighted by atomic mass is 10.1. The summed E-state index contributed by atoms with van der Waals surface area (Å²) < 4.78 is 0. The zero-order chi connectivity index (χ0) is 13.1. The van der Waals surface area contributed by atoms with Gasteiger partial charge in [0.1, 0.15) is 0 Å². The van der Waals surface area contributed by atoms with Gasteiger partial charge in [0.2, 0.25) is 5.91 Å². The molecule has 0 fully saturated rings. The van der Waals surface area contributed by atoms with E-state index in [-0.39, 0.29) is 24.5 Å². The Morgan fingerprint density at radius 3 is 2.39 bits per heavy atom. The molecule has 0 unspecified atom stereocenters. The van der Waals surface area contributed by atoms with E-state index >= 15 is 0 Å². The molecular weight excluding hydrogens is 226 g/mol. The van der Waals surface area contributed by atoms with Crippen molar-refractivity contribution in [1.29, 1.82) is 0 Å². The Kier molecular flexibility index (Phi) is 3.75. The number of hydrogen-bond acceptors (Lipinski definition) is 2. The molecule has 0 aliphatic heterocycles. The third kappa shape index (κ3) is 2.42. The highest BCUT2D eigenvalue weighted by Crippen LogP contribution is 2.26. The van der Waals surface area contributed by atoms with Gasteiger partial charge in [0.25, 0.3) is 0 Å². The minimum atomic E-state index is -0.0736. The van der Waals surface area contributed by atoms with Crippen LogP contribution in [0.25, 0.3) is 5.53 Å². The molecule has 4 heteroatoms. The first-order valence-electron chi connectivity index (χ1n) is 6.31. The molecule has 0 radical (unpaired) electrons. The molecule has 1 aliphatic rings. The number of benzene rings is 1. The number of amides is 1. The Labute approximate surface area is 108 Å². The molecule has 0 bridgehead atoms. The van der Waals surface area contributed by atoms with Crippen molar-refractivity contribution in [2.75, 3.05) is 6.67 Å². The maximum Gasteiger partial charge on any atom is 0.226 e. The maximum atomic E-state index is 12.1. The summed E-state index contributed by atoms with van der Waals surface area (Å²) in [5.41, 5.74) is 11.4. The lowest BCUT2D eigenvalue weighted by Gasteiger charge is -2.29. The van der Waals surface area contributed by atoms with Gasteiger partial charge in [0.15, 0.2) is 0 Å². The summed E-state index contributed by atoms with van der Waals surface area (Å²) in [6.07, 6.45) is 1.70. The Hall–Kier alpha value is -1.71. The topological polar surface area (TPSA) is 55.0 Å². The third-order valence-corrected chi connectivity index (χ3v) is 3.46. The van der Waals surface area contributed by atoms with E-state index < -0.39 is 0 Å². The molecule has 96 valence electrons. The third-order valence-electron chi connectivity index (χ3n) is 3.46. The zero-order valence-electron chi connectivity index (χ0n) is 10.8. The molecule has 0 spiro atoms. The predicted molar refractivity (Wildman–Crippen MR) is 70.0 cm³/mol. The number of fused-ring (bicyclic) bond motifs is 1. The Bertz CT molecular complexity index is 431. The van der Waals surface area contributed by atoms with Crippen LogP contribution in [0.15, 0.2) is 29.4 Å². The van der Waals surface area contributed by atoms with Crippen molar-refractivity contribution in [3.63, 3.8) is 0 Å². The van der Waals surface area contributed by atoms with Gasteiger partial charge in [-0.15, -0.1) is 0 Å². The van der Waals surface area contributed by atoms with Crippen molar-refractivity contribution in [3.8, 4) is 0 Å². The van der Waals surface area contributed by atoms with Crippen molar-refractivity contribution in [1.82, 2.24) is 4.90 Å². The fraction of sp³-hybridized carbons (Fsp3) is 0.500. The van der Waals surface area contributed by atoms with Crippen LogP contribution in [0.4, 0.5) is 0 Å². The molecule has 0 saturated heterocycles. The van der Waals surface area contributed by atoms with Crippen LogP contribution in [-0.4, -0.2) is 23.5 Å². The molecule has 0 aromatic heterocycles. The lowest BCUT2D eigenvalue weighted by molar-refractivity contribution is -0.136. The highest BCUT2D eigenvalue weighted by Gasteiger charge is 2.30. The molecule has 0 heterocycles. The molecule has 1 aliphatic carbocycles. The van der Waals surface area contributed by atoms with Crippen molar-refractivity contribution >= 4 is 5.91 Å². The van der Waals surface area contributed by atoms with Gasteiger partial charge in [-0.2, -0.15) is 0 Å². The van der Waals surface area contributed by atoms with Gasteiger partial charge in [0, 0.05) is 12.0 Å². The smallest absolute Gasteiger partial charge is 0.226 e. The summed E-state index contributed by atoms with van der Waals surface area (Å²) in [6.45, 7) is 3.80. The quantitative estimate of drug-likeness (QED) is 0.751. The van der Waals surface area contributed by atoms with Gasteiger partial charge in [-0.1, -0.05) is 38.1 Å². The van der Waals surface area contributed by atoms with Crippen LogP contribution in [-0.2, 0) is 17.6 Å². The van der Waals surface area contributed by atoms with Crippen LogP contribution in [0.1, 0.15) is 25.0 Å². The first-order chi connectivity index (χ1) is 8.63. The summed E-state index contributed by atoms with van der Waals surface area (Å²) in [5.74, 6) is -0.0268. The second kappa shape index (κ2) is 5.29. The van der Waals surface area contributed by atoms with Crippen LogP contribution in [0, 0.1) is 5.92 Å². The van der Waals surface area contributed by atoms with Crippen LogP contribution < -0.4 is 0 Å². The summed E-state index contributed by atoms with van der Waals surface area (Å²) in [4.78, 5) is 13.8. The van der Waals surface area contributed by atoms with Crippen molar-refractivity contribution in [2.24, 2.45) is 11.0 Å². The van der Waals surface area contributed by atoms with Gasteiger partial charge < -0.3 is 15.5 Å². The first-order valence-corrected chi connectivity index (χ1v) is 6.31. The number of hydrogen-bond donors (Lipinski definition) is 0. The van der Waals surface area contributed by atoms with Gasteiger partial charge in [-0.3, -0.25) is 4.79 Å². The fourth-order valence-corrected chi connectivity index (χ4v) is 2.52. The molecule has 0 N–H and O–H groups in total. The minimum absolute atomic E-state index is 0.0469. The van der Waals surface area contributed by atoms with Gasteiger partial charge in [0.05, 0.1) is 6.67 Å². The largest absolute Gasteiger partial charge is 0.710 e. The second-order valence-electron chi connectivity index (χ2n) is 5.08. The van der Waals surface area contributed by atoms with Crippen LogP contribution in [0.2, 0.25) is 0 Å². The zero-order valence-corrected chi connectivity index (χ0v) is 10.8. The van der Waals surface area contributed by atoms with Crippen LogP contribution in [0.3, 0.4) is 0 Å². The summed E-state index contributed by atoms with van der Waals surface area (Å²) in [6, 6.07) is 8.36. The van der Waals surface area contributed by atoms with E-state index in [1.165, 1.54) is 11.1 Å². The van der Waals surface area contributed by atoms with Gasteiger partial charge in [-0.05, 0) is 24.0 Å². The van der Waals surface area contributed by atoms with Gasteiger partial charge in [-0.25, -0.2) is 0 Å². The van der Waals surface area contributed by atoms with E-state index in [4.69, 9.17) is 5.53 Å². The normalized spacial score (nSPS) is 14.6. The Balaban J connectivity index is 2.15. The monoisotopic (exact) mass is 244 g/mol. The molecule has 1 aromatic rings. The van der Waals surface area contributed by atoms with Crippen LogP contribution in [0.5, 0.6) is 0 Å². The lowest BCUT2D eigenvalue weighted by Crippen LogP contribution is -2.43. The number of nitrogens with zero attached hydrogens (tertiary/aromatic N) is 3. The van der Waals surface area contributed by atoms with E-state index in [9.17, 15) is 4.79 Å².